The zero-order valence-corrected chi connectivity index (χ0v) is 16.7. The van der Waals surface area contributed by atoms with Crippen molar-refractivity contribution in [3.63, 3.8) is 0 Å². The molecule has 7 atom stereocenters. The Kier molecular flexibility index (Phi) is 3.88. The second kappa shape index (κ2) is 5.83. The molecule has 1 N–H and O–H groups in total. The molecule has 26 heavy (non-hydrogen) atoms. The number of allylic oxidation sites excluding steroid dienone is 2. The van der Waals surface area contributed by atoms with Gasteiger partial charge in [-0.25, -0.2) is 0 Å². The van der Waals surface area contributed by atoms with Crippen molar-refractivity contribution in [3.05, 3.63) is 11.8 Å². The van der Waals surface area contributed by atoms with Crippen LogP contribution >= 0.6 is 0 Å². The van der Waals surface area contributed by atoms with Gasteiger partial charge in [0.2, 0.25) is 5.91 Å². The Bertz CT molecular complexity index is 638. The molecule has 0 spiro atoms. The second-order valence-electron chi connectivity index (χ2n) is 10.4. The van der Waals surface area contributed by atoms with E-state index in [1.54, 1.807) is 0 Å². The van der Waals surface area contributed by atoms with Gasteiger partial charge in [0.25, 0.3) is 0 Å². The van der Waals surface area contributed by atoms with Crippen LogP contribution < -0.4 is 5.32 Å². The molecular formula is C23H35NO2. The van der Waals surface area contributed by atoms with E-state index in [4.69, 9.17) is 4.74 Å². The van der Waals surface area contributed by atoms with Crippen LogP contribution in [0.25, 0.3) is 0 Å². The van der Waals surface area contributed by atoms with Gasteiger partial charge in [0.1, 0.15) is 0 Å². The Morgan fingerprint density at radius 1 is 1.23 bits per heavy atom. The highest BCUT2D eigenvalue weighted by atomic mass is 16.5. The lowest BCUT2D eigenvalue weighted by Gasteiger charge is -2.57. The molecule has 1 heterocycles. The van der Waals surface area contributed by atoms with Crippen molar-refractivity contribution in [2.75, 3.05) is 0 Å². The summed E-state index contributed by atoms with van der Waals surface area (Å²) in [5, 5.41) is 3.23. The Morgan fingerprint density at radius 2 is 2.04 bits per heavy atom. The van der Waals surface area contributed by atoms with E-state index in [9.17, 15) is 4.79 Å². The molecule has 4 fully saturated rings. The van der Waals surface area contributed by atoms with Crippen LogP contribution in [-0.4, -0.2) is 18.1 Å². The molecule has 0 aromatic rings. The number of carbonyl (C=O) groups is 1. The lowest BCUT2D eigenvalue weighted by molar-refractivity contribution is -0.127. The number of nitrogens with one attached hydrogen (secondary N) is 1. The Balaban J connectivity index is 1.47. The van der Waals surface area contributed by atoms with Crippen LogP contribution in [0.2, 0.25) is 0 Å². The van der Waals surface area contributed by atoms with Gasteiger partial charge in [-0.1, -0.05) is 33.3 Å². The van der Waals surface area contributed by atoms with Gasteiger partial charge < -0.3 is 10.1 Å². The third kappa shape index (κ3) is 2.38. The molecule has 1 saturated heterocycles. The highest BCUT2D eigenvalue weighted by Gasteiger charge is 2.62. The summed E-state index contributed by atoms with van der Waals surface area (Å²) in [5.41, 5.74) is 1.80. The first-order chi connectivity index (χ1) is 12.5. The van der Waals surface area contributed by atoms with Gasteiger partial charge in [0.15, 0.2) is 0 Å². The molecule has 144 valence electrons. The lowest BCUT2D eigenvalue weighted by atomic mass is 9.49. The summed E-state index contributed by atoms with van der Waals surface area (Å²) in [4.78, 5) is 11.9. The minimum atomic E-state index is 0.186. The molecule has 5 rings (SSSR count). The molecular weight excluding hydrogens is 322 g/mol. The maximum atomic E-state index is 11.9. The minimum Gasteiger partial charge on any atom is -0.374 e. The third-order valence-electron chi connectivity index (χ3n) is 9.07. The summed E-state index contributed by atoms with van der Waals surface area (Å²) in [6.45, 7) is 7.38. The van der Waals surface area contributed by atoms with Crippen molar-refractivity contribution < 1.29 is 9.53 Å². The van der Waals surface area contributed by atoms with Crippen LogP contribution in [0.15, 0.2) is 11.8 Å². The molecule has 1 amide bonds. The van der Waals surface area contributed by atoms with E-state index in [1.165, 1.54) is 44.2 Å². The molecule has 1 aliphatic heterocycles. The number of rotatable bonds is 3. The first-order valence-electron chi connectivity index (χ1n) is 11.1. The summed E-state index contributed by atoms with van der Waals surface area (Å²) >= 11 is 0. The van der Waals surface area contributed by atoms with Crippen LogP contribution in [-0.2, 0) is 9.53 Å². The molecule has 3 nitrogen and oxygen atoms in total. The van der Waals surface area contributed by atoms with Crippen molar-refractivity contribution >= 4 is 5.91 Å². The Hall–Kier alpha value is -0.830. The van der Waals surface area contributed by atoms with E-state index in [0.29, 0.717) is 24.0 Å². The molecule has 0 aromatic heterocycles. The predicted octanol–water partition coefficient (Wildman–Crippen LogP) is 4.82. The third-order valence-corrected chi connectivity index (χ3v) is 9.07. The summed E-state index contributed by atoms with van der Waals surface area (Å²) in [7, 11) is 0. The summed E-state index contributed by atoms with van der Waals surface area (Å²) in [6.07, 6.45) is 14.1. The van der Waals surface area contributed by atoms with E-state index in [-0.39, 0.29) is 11.3 Å². The smallest absolute Gasteiger partial charge is 0.224 e. The fraction of sp³-hybridized carbons (Fsp3) is 0.870. The van der Waals surface area contributed by atoms with Crippen LogP contribution in [0.5, 0.6) is 0 Å². The monoisotopic (exact) mass is 357 g/mol. The molecule has 3 heteroatoms. The number of amides is 1. The summed E-state index contributed by atoms with van der Waals surface area (Å²) in [6, 6.07) is 0. The number of fused-ring (bicyclic) bond motifs is 5. The van der Waals surface area contributed by atoms with Crippen molar-refractivity contribution in [1.82, 2.24) is 5.32 Å². The highest BCUT2D eigenvalue weighted by molar-refractivity contribution is 5.79. The average molecular weight is 358 g/mol. The first kappa shape index (κ1) is 17.3. The zero-order valence-electron chi connectivity index (χ0n) is 16.7. The maximum absolute atomic E-state index is 11.9. The van der Waals surface area contributed by atoms with Crippen LogP contribution in [0.4, 0.5) is 0 Å². The van der Waals surface area contributed by atoms with Gasteiger partial charge in [0.05, 0.1) is 12.2 Å². The van der Waals surface area contributed by atoms with Crippen LogP contribution in [0, 0.1) is 34.5 Å². The van der Waals surface area contributed by atoms with Gasteiger partial charge in [0, 0.05) is 17.5 Å². The SMILES string of the molecule is CCC1CC(OC2CC2)[C@@]2(C)CC[C@@H]3[C@@H](CC=C4NC(=O)CC[C@@]43C)[C@H]12. The topological polar surface area (TPSA) is 38.3 Å². The van der Waals surface area contributed by atoms with Crippen molar-refractivity contribution in [2.24, 2.45) is 34.5 Å². The largest absolute Gasteiger partial charge is 0.374 e. The molecule has 0 aromatic carbocycles. The zero-order chi connectivity index (χ0) is 18.1. The van der Waals surface area contributed by atoms with E-state index in [0.717, 1.165) is 36.5 Å². The maximum Gasteiger partial charge on any atom is 0.224 e. The number of carbonyl (C=O) groups excluding carboxylic acids is 1. The summed E-state index contributed by atoms with van der Waals surface area (Å²) in [5.74, 6) is 3.33. The van der Waals surface area contributed by atoms with Crippen molar-refractivity contribution in [2.45, 2.75) is 90.8 Å². The fourth-order valence-corrected chi connectivity index (χ4v) is 7.50. The van der Waals surface area contributed by atoms with E-state index in [2.05, 4.69) is 32.2 Å². The van der Waals surface area contributed by atoms with Crippen molar-refractivity contribution in [1.29, 1.82) is 0 Å². The molecule has 3 saturated carbocycles. The van der Waals surface area contributed by atoms with Gasteiger partial charge in [-0.3, -0.25) is 4.79 Å². The van der Waals surface area contributed by atoms with Gasteiger partial charge in [-0.15, -0.1) is 0 Å². The summed E-state index contributed by atoms with van der Waals surface area (Å²) < 4.78 is 6.58. The van der Waals surface area contributed by atoms with Crippen LogP contribution in [0.1, 0.15) is 78.6 Å². The minimum absolute atomic E-state index is 0.186. The Morgan fingerprint density at radius 3 is 2.77 bits per heavy atom. The molecule has 2 unspecified atom stereocenters. The first-order valence-corrected chi connectivity index (χ1v) is 11.1. The van der Waals surface area contributed by atoms with Gasteiger partial charge in [-0.2, -0.15) is 0 Å². The molecule has 5 aliphatic rings. The van der Waals surface area contributed by atoms with Gasteiger partial charge >= 0.3 is 0 Å². The average Bonchev–Trinajstić information content (AvgIpc) is 3.38. The fourth-order valence-electron chi connectivity index (χ4n) is 7.50. The number of hydrogen-bond acceptors (Lipinski definition) is 2. The van der Waals surface area contributed by atoms with Crippen molar-refractivity contribution in [3.8, 4) is 0 Å². The lowest BCUT2D eigenvalue weighted by Crippen LogP contribution is -2.54. The quantitative estimate of drug-likeness (QED) is 0.786. The molecule has 0 radical (unpaired) electrons. The molecule has 4 aliphatic carbocycles. The number of hydrogen-bond donors (Lipinski definition) is 1. The Labute approximate surface area is 158 Å². The number of piperidine rings is 1. The van der Waals surface area contributed by atoms with E-state index < -0.39 is 0 Å². The van der Waals surface area contributed by atoms with Crippen LogP contribution in [0.3, 0.4) is 0 Å². The van der Waals surface area contributed by atoms with E-state index in [1.807, 2.05) is 0 Å². The normalized spacial score (nSPS) is 50.3. The second-order valence-corrected chi connectivity index (χ2v) is 10.4. The number of ether oxygens (including phenoxy) is 1. The highest BCUT2D eigenvalue weighted by Crippen LogP contribution is 2.66. The standard InChI is InChI=1S/C23H35NO2/c1-4-14-13-19(26-15-5-6-15)23(3)11-9-17-16(21(14)23)7-8-18-22(17,2)12-10-20(25)24-18/h8,14-17,19,21H,4-7,9-13H2,1-3H3,(H,24,25)/t14?,16-,17-,19?,21+,22-,23-/m1/s1. The predicted molar refractivity (Wildman–Crippen MR) is 102 cm³/mol. The molecule has 0 bridgehead atoms. The van der Waals surface area contributed by atoms with E-state index >= 15 is 0 Å². The van der Waals surface area contributed by atoms with Gasteiger partial charge in [-0.05, 0) is 74.0 Å².